The van der Waals surface area contributed by atoms with Gasteiger partial charge in [-0.1, -0.05) is 19.4 Å². The normalized spacial score (nSPS) is 24.1. The number of carbonyl (C=O) groups excluding carboxylic acids is 1. The second-order valence-electron chi connectivity index (χ2n) is 4.40. The monoisotopic (exact) mass is 209 g/mol. The van der Waals surface area contributed by atoms with Gasteiger partial charge in [0.25, 0.3) is 0 Å². The Morgan fingerprint density at radius 1 is 1.53 bits per heavy atom. The van der Waals surface area contributed by atoms with Gasteiger partial charge in [0.1, 0.15) is 0 Å². The van der Waals surface area contributed by atoms with Crippen molar-refractivity contribution in [2.75, 3.05) is 0 Å². The van der Waals surface area contributed by atoms with E-state index in [9.17, 15) is 4.79 Å². The average Bonchev–Trinajstić information content (AvgIpc) is 2.41. The lowest BCUT2D eigenvalue weighted by atomic mass is 9.90. The zero-order valence-electron chi connectivity index (χ0n) is 9.79. The topological polar surface area (TPSA) is 67.5 Å². The summed E-state index contributed by atoms with van der Waals surface area (Å²) in [4.78, 5) is 10.5. The Morgan fingerprint density at radius 2 is 2.13 bits per heavy atom. The summed E-state index contributed by atoms with van der Waals surface area (Å²) >= 11 is 0. The molecule has 15 heavy (non-hydrogen) atoms. The smallest absolute Gasteiger partial charge is 0.332 e. The molecule has 0 bridgehead atoms. The van der Waals surface area contributed by atoms with Crippen LogP contribution in [-0.4, -0.2) is 11.7 Å². The van der Waals surface area contributed by atoms with Crippen LogP contribution in [0.2, 0.25) is 0 Å². The van der Waals surface area contributed by atoms with Crippen molar-refractivity contribution in [2.45, 2.75) is 34.1 Å². The molecular weight excluding hydrogens is 190 g/mol. The van der Waals surface area contributed by atoms with Gasteiger partial charge in [0, 0.05) is 0 Å². The van der Waals surface area contributed by atoms with E-state index in [-0.39, 0.29) is 0 Å². The zero-order chi connectivity index (χ0) is 11.6. The van der Waals surface area contributed by atoms with Crippen molar-refractivity contribution >= 4 is 11.7 Å². The number of carbonyl (C=O) groups is 1. The van der Waals surface area contributed by atoms with E-state index in [4.69, 9.17) is 5.73 Å². The van der Waals surface area contributed by atoms with Crippen LogP contribution < -0.4 is 11.2 Å². The molecule has 0 aromatic carbocycles. The van der Waals surface area contributed by atoms with Gasteiger partial charge in [-0.2, -0.15) is 5.10 Å². The molecule has 1 aliphatic rings. The van der Waals surface area contributed by atoms with Crippen molar-refractivity contribution in [1.82, 2.24) is 5.43 Å². The molecule has 1 aliphatic carbocycles. The van der Waals surface area contributed by atoms with Crippen LogP contribution in [0.5, 0.6) is 0 Å². The zero-order valence-corrected chi connectivity index (χ0v) is 9.79. The van der Waals surface area contributed by atoms with Crippen LogP contribution in [0.4, 0.5) is 4.79 Å². The molecule has 84 valence electrons. The number of nitrogens with two attached hydrogens (primary N) is 1. The minimum absolute atomic E-state index is 0.540. The van der Waals surface area contributed by atoms with Gasteiger partial charge in [-0.15, -0.1) is 0 Å². The highest BCUT2D eigenvalue weighted by Crippen LogP contribution is 2.34. The highest BCUT2D eigenvalue weighted by Gasteiger charge is 2.27. The molecule has 3 N–H and O–H groups in total. The SMILES string of the molecule is CC1=C(C)C(C(C)C)CC1=NNC(N)=O. The van der Waals surface area contributed by atoms with Crippen molar-refractivity contribution in [2.24, 2.45) is 22.7 Å². The van der Waals surface area contributed by atoms with E-state index in [1.807, 2.05) is 6.92 Å². The Bertz CT molecular complexity index is 329. The summed E-state index contributed by atoms with van der Waals surface area (Å²) in [5.41, 5.74) is 10.8. The van der Waals surface area contributed by atoms with Crippen LogP contribution in [0.3, 0.4) is 0 Å². The molecule has 0 aliphatic heterocycles. The summed E-state index contributed by atoms with van der Waals surface area (Å²) in [5, 5.41) is 4.02. The molecule has 0 saturated heterocycles. The molecule has 1 unspecified atom stereocenters. The molecule has 1 rings (SSSR count). The van der Waals surface area contributed by atoms with Gasteiger partial charge in [0.2, 0.25) is 0 Å². The van der Waals surface area contributed by atoms with Gasteiger partial charge in [-0.25, -0.2) is 10.2 Å². The lowest BCUT2D eigenvalue weighted by Crippen LogP contribution is -2.25. The predicted molar refractivity (Wildman–Crippen MR) is 61.5 cm³/mol. The average molecular weight is 209 g/mol. The molecule has 0 spiro atoms. The molecule has 4 nitrogen and oxygen atoms in total. The molecule has 2 amide bonds. The Kier molecular flexibility index (Phi) is 3.50. The van der Waals surface area contributed by atoms with Crippen molar-refractivity contribution in [3.8, 4) is 0 Å². The van der Waals surface area contributed by atoms with Gasteiger partial charge in [0.05, 0.1) is 5.71 Å². The van der Waals surface area contributed by atoms with Crippen molar-refractivity contribution in [1.29, 1.82) is 0 Å². The first-order valence-corrected chi connectivity index (χ1v) is 5.23. The molecule has 0 saturated carbocycles. The number of hydrogen-bond donors (Lipinski definition) is 2. The number of amides is 2. The van der Waals surface area contributed by atoms with Gasteiger partial charge in [0.15, 0.2) is 0 Å². The van der Waals surface area contributed by atoms with Crippen molar-refractivity contribution in [3.05, 3.63) is 11.1 Å². The minimum Gasteiger partial charge on any atom is -0.350 e. The molecule has 0 fully saturated rings. The Balaban J connectivity index is 2.82. The van der Waals surface area contributed by atoms with Crippen LogP contribution in [0, 0.1) is 11.8 Å². The fraction of sp³-hybridized carbons (Fsp3) is 0.636. The van der Waals surface area contributed by atoms with Gasteiger partial charge in [-0.3, -0.25) is 0 Å². The molecule has 0 radical (unpaired) electrons. The Morgan fingerprint density at radius 3 is 2.53 bits per heavy atom. The summed E-state index contributed by atoms with van der Waals surface area (Å²) in [6.45, 7) is 8.57. The predicted octanol–water partition coefficient (Wildman–Crippen LogP) is 2.02. The molecule has 0 aromatic heterocycles. The molecule has 0 aromatic rings. The van der Waals surface area contributed by atoms with Crippen LogP contribution >= 0.6 is 0 Å². The summed E-state index contributed by atoms with van der Waals surface area (Å²) in [7, 11) is 0. The number of allylic oxidation sites excluding steroid dienone is 2. The maximum absolute atomic E-state index is 10.5. The van der Waals surface area contributed by atoms with Gasteiger partial charge in [-0.05, 0) is 37.7 Å². The summed E-state index contributed by atoms with van der Waals surface area (Å²) in [5.74, 6) is 1.14. The Labute approximate surface area is 90.6 Å². The number of hydrogen-bond acceptors (Lipinski definition) is 2. The number of nitrogens with zero attached hydrogens (tertiary/aromatic N) is 1. The largest absolute Gasteiger partial charge is 0.350 e. The first-order valence-electron chi connectivity index (χ1n) is 5.23. The van der Waals surface area contributed by atoms with Crippen LogP contribution in [0.15, 0.2) is 16.2 Å². The van der Waals surface area contributed by atoms with Crippen LogP contribution in [0.1, 0.15) is 34.1 Å². The lowest BCUT2D eigenvalue weighted by Gasteiger charge is -2.15. The minimum atomic E-state index is -0.610. The third kappa shape index (κ3) is 2.58. The third-order valence-electron chi connectivity index (χ3n) is 3.10. The first-order chi connectivity index (χ1) is 6.93. The third-order valence-corrected chi connectivity index (χ3v) is 3.10. The maximum atomic E-state index is 10.5. The number of urea groups is 1. The van der Waals surface area contributed by atoms with Gasteiger partial charge >= 0.3 is 6.03 Å². The van der Waals surface area contributed by atoms with E-state index < -0.39 is 6.03 Å². The van der Waals surface area contributed by atoms with Crippen molar-refractivity contribution in [3.63, 3.8) is 0 Å². The molecular formula is C11H19N3O. The number of rotatable bonds is 2. The quantitative estimate of drug-likeness (QED) is 0.671. The van der Waals surface area contributed by atoms with E-state index in [0.717, 1.165) is 12.1 Å². The number of hydrazone groups is 1. The second kappa shape index (κ2) is 4.47. The number of nitrogens with one attached hydrogen (secondary N) is 1. The summed E-state index contributed by atoms with van der Waals surface area (Å²) < 4.78 is 0. The molecule has 0 heterocycles. The van der Waals surface area contributed by atoms with E-state index >= 15 is 0 Å². The van der Waals surface area contributed by atoms with Gasteiger partial charge < -0.3 is 5.73 Å². The molecule has 1 atom stereocenters. The Hall–Kier alpha value is -1.32. The maximum Gasteiger partial charge on any atom is 0.332 e. The number of primary amides is 1. The fourth-order valence-corrected chi connectivity index (χ4v) is 2.01. The van der Waals surface area contributed by atoms with Crippen LogP contribution in [-0.2, 0) is 0 Å². The van der Waals surface area contributed by atoms with Crippen LogP contribution in [0.25, 0.3) is 0 Å². The van der Waals surface area contributed by atoms with Crippen molar-refractivity contribution < 1.29 is 4.79 Å². The van der Waals surface area contributed by atoms with E-state index in [2.05, 4.69) is 31.3 Å². The highest BCUT2D eigenvalue weighted by molar-refractivity contribution is 6.03. The first kappa shape index (κ1) is 11.8. The standard InChI is InChI=1S/C11H19N3O/c1-6(2)9-5-10(8(4)7(9)3)13-14-11(12)15/h6,9H,5H2,1-4H3,(H3,12,14,15). The lowest BCUT2D eigenvalue weighted by molar-refractivity contribution is 0.249. The fourth-order valence-electron chi connectivity index (χ4n) is 2.01. The highest BCUT2D eigenvalue weighted by atomic mass is 16.2. The summed E-state index contributed by atoms with van der Waals surface area (Å²) in [6, 6.07) is -0.610. The second-order valence-corrected chi connectivity index (χ2v) is 4.40. The van der Waals surface area contributed by atoms with E-state index in [1.165, 1.54) is 11.1 Å². The molecule has 4 heteroatoms. The van der Waals surface area contributed by atoms with E-state index in [1.54, 1.807) is 0 Å². The van der Waals surface area contributed by atoms with E-state index in [0.29, 0.717) is 11.8 Å². The summed E-state index contributed by atoms with van der Waals surface area (Å²) in [6.07, 6.45) is 0.898.